The molecule has 1 N–H and O–H groups in total. The number of nitrogens with one attached hydrogen (secondary N) is 1. The number of nitrogens with zero attached hydrogens (tertiary/aromatic N) is 1. The van der Waals surface area contributed by atoms with Crippen molar-refractivity contribution in [1.82, 2.24) is 4.31 Å². The lowest BCUT2D eigenvalue weighted by atomic mass is 9.69. The van der Waals surface area contributed by atoms with Crippen LogP contribution in [0.25, 0.3) is 0 Å². The summed E-state index contributed by atoms with van der Waals surface area (Å²) >= 11 is 3.44. The van der Waals surface area contributed by atoms with Gasteiger partial charge in [0.2, 0.25) is 15.9 Å². The molecule has 1 amide bonds. The van der Waals surface area contributed by atoms with Crippen molar-refractivity contribution in [3.63, 3.8) is 0 Å². The second-order valence-corrected chi connectivity index (χ2v) is 14.4. The number of carbonyl (C=O) groups excluding carboxylic acids is 2. The van der Waals surface area contributed by atoms with Gasteiger partial charge < -0.3 is 10.1 Å². The summed E-state index contributed by atoms with van der Waals surface area (Å²) in [6.07, 6.45) is 2.45. The highest BCUT2D eigenvalue weighted by Crippen LogP contribution is 2.70. The Morgan fingerprint density at radius 3 is 2.44 bits per heavy atom. The lowest BCUT2D eigenvalue weighted by Crippen LogP contribution is -2.48. The fourth-order valence-corrected chi connectivity index (χ4v) is 10.2. The van der Waals surface area contributed by atoms with Crippen molar-refractivity contribution in [2.45, 2.75) is 58.0 Å². The van der Waals surface area contributed by atoms with Crippen molar-refractivity contribution in [1.29, 1.82) is 0 Å². The molecule has 210 valence electrons. The summed E-state index contributed by atoms with van der Waals surface area (Å²) in [6.45, 7) is 4.28. The second-order valence-electron chi connectivity index (χ2n) is 11.7. The Balaban J connectivity index is 1.57. The van der Waals surface area contributed by atoms with E-state index in [9.17, 15) is 22.4 Å². The lowest BCUT2D eigenvalue weighted by Gasteiger charge is -2.38. The molecule has 3 fully saturated rings. The Morgan fingerprint density at radius 2 is 1.82 bits per heavy atom. The van der Waals surface area contributed by atoms with Crippen LogP contribution >= 0.6 is 15.9 Å². The zero-order chi connectivity index (χ0) is 28.2. The molecular formula is C29H34BrFN2O5S. The number of rotatable bonds is 8. The van der Waals surface area contributed by atoms with Crippen molar-refractivity contribution in [2.75, 3.05) is 18.2 Å². The number of amides is 1. The minimum Gasteiger partial charge on any atom is -0.469 e. The Labute approximate surface area is 237 Å². The fourth-order valence-electron chi connectivity index (χ4n) is 7.36. The van der Waals surface area contributed by atoms with Crippen LogP contribution in [0.5, 0.6) is 0 Å². The predicted molar refractivity (Wildman–Crippen MR) is 150 cm³/mol. The van der Waals surface area contributed by atoms with E-state index < -0.39 is 45.1 Å². The van der Waals surface area contributed by atoms with Gasteiger partial charge in [-0.1, -0.05) is 41.9 Å². The standard InChI is InChI=1S/C29H34BrFN2O5S/c1-28(2)19-14-15-29(28)17-39(36,37)33(24(29)16-19)27(35)23(12-13-25(34)38-3)26(18-4-6-20(30)7-5-18)32-22-10-8-21(31)9-11-22/h4-11,19,23-24,26,32H,12-17H2,1-3H3/t19-,23+,24?,26+,29?/m0/s1. The molecule has 2 aromatic rings. The van der Waals surface area contributed by atoms with E-state index in [1.165, 1.54) is 23.5 Å². The van der Waals surface area contributed by atoms with Gasteiger partial charge in [0.1, 0.15) is 5.82 Å². The average molecular weight is 622 g/mol. The Bertz CT molecular complexity index is 1370. The van der Waals surface area contributed by atoms with Gasteiger partial charge in [-0.05, 0) is 79.0 Å². The number of hydrogen-bond donors (Lipinski definition) is 1. The number of fused-ring (bicyclic) bond motifs is 1. The van der Waals surface area contributed by atoms with Crippen LogP contribution in [0.3, 0.4) is 0 Å². The summed E-state index contributed by atoms with van der Waals surface area (Å²) in [5.41, 5.74) is 0.669. The maximum absolute atomic E-state index is 14.5. The largest absolute Gasteiger partial charge is 0.469 e. The molecule has 3 aliphatic rings. The van der Waals surface area contributed by atoms with Crippen molar-refractivity contribution in [3.05, 3.63) is 64.4 Å². The van der Waals surface area contributed by atoms with Gasteiger partial charge >= 0.3 is 5.97 Å². The molecule has 2 aliphatic carbocycles. The van der Waals surface area contributed by atoms with E-state index in [0.29, 0.717) is 18.0 Å². The van der Waals surface area contributed by atoms with Gasteiger partial charge in [-0.2, -0.15) is 0 Å². The fraction of sp³-hybridized carbons (Fsp3) is 0.517. The highest BCUT2D eigenvalue weighted by atomic mass is 79.9. The van der Waals surface area contributed by atoms with Crippen LogP contribution in [-0.2, 0) is 24.3 Å². The number of sulfonamides is 1. The molecule has 1 spiro atoms. The van der Waals surface area contributed by atoms with Gasteiger partial charge in [0, 0.05) is 22.0 Å². The van der Waals surface area contributed by atoms with Crippen LogP contribution in [0, 0.1) is 28.5 Å². The Morgan fingerprint density at radius 1 is 1.15 bits per heavy atom. The first-order valence-electron chi connectivity index (χ1n) is 13.3. The molecule has 1 saturated heterocycles. The lowest BCUT2D eigenvalue weighted by molar-refractivity contribution is -0.141. The first-order valence-corrected chi connectivity index (χ1v) is 15.7. The Hall–Kier alpha value is -2.46. The smallest absolute Gasteiger partial charge is 0.305 e. The van der Waals surface area contributed by atoms with Crippen molar-refractivity contribution < 1.29 is 27.1 Å². The first kappa shape index (κ1) is 28.1. The van der Waals surface area contributed by atoms with Gasteiger partial charge in [-0.25, -0.2) is 17.1 Å². The molecule has 39 heavy (non-hydrogen) atoms. The maximum Gasteiger partial charge on any atom is 0.305 e. The molecule has 0 radical (unpaired) electrons. The maximum atomic E-state index is 14.5. The van der Waals surface area contributed by atoms with E-state index in [-0.39, 0.29) is 30.1 Å². The monoisotopic (exact) mass is 620 g/mol. The molecule has 1 heterocycles. The molecule has 2 bridgehead atoms. The Kier molecular flexibility index (Phi) is 7.33. The van der Waals surface area contributed by atoms with E-state index in [4.69, 9.17) is 4.74 Å². The number of carbonyl (C=O) groups is 2. The number of halogens is 2. The quantitative estimate of drug-likeness (QED) is 0.382. The number of ether oxygens (including phenoxy) is 1. The summed E-state index contributed by atoms with van der Waals surface area (Å²) in [4.78, 5) is 26.7. The third kappa shape index (κ3) is 4.77. The van der Waals surface area contributed by atoms with Crippen LogP contribution in [0.1, 0.15) is 57.6 Å². The van der Waals surface area contributed by atoms with Gasteiger partial charge in [0.25, 0.3) is 0 Å². The SMILES string of the molecule is COC(=O)CC[C@@H](C(=O)N1C2C[C@@H]3CCC2(CS1(=O)=O)C3(C)C)[C@H](Nc1ccc(F)cc1)c1ccc(Br)cc1. The number of methoxy groups -OCH3 is 1. The van der Waals surface area contributed by atoms with E-state index in [1.54, 1.807) is 12.1 Å². The molecule has 7 nitrogen and oxygen atoms in total. The molecule has 5 rings (SSSR count). The highest BCUT2D eigenvalue weighted by molar-refractivity contribution is 9.10. The average Bonchev–Trinajstić information content (AvgIpc) is 3.37. The first-order chi connectivity index (χ1) is 18.4. The number of hydrogen-bond acceptors (Lipinski definition) is 6. The third-order valence-corrected chi connectivity index (χ3v) is 12.1. The van der Waals surface area contributed by atoms with Gasteiger partial charge in [0.15, 0.2) is 0 Å². The summed E-state index contributed by atoms with van der Waals surface area (Å²) < 4.78 is 48.0. The van der Waals surface area contributed by atoms with Crippen LogP contribution < -0.4 is 5.32 Å². The minimum atomic E-state index is -3.87. The van der Waals surface area contributed by atoms with E-state index >= 15 is 0 Å². The molecule has 2 aromatic carbocycles. The number of anilines is 1. The van der Waals surface area contributed by atoms with Crippen molar-refractivity contribution in [3.8, 4) is 0 Å². The predicted octanol–water partition coefficient (Wildman–Crippen LogP) is 5.68. The van der Waals surface area contributed by atoms with Crippen LogP contribution in [0.2, 0.25) is 0 Å². The van der Waals surface area contributed by atoms with E-state index in [2.05, 4.69) is 35.1 Å². The molecule has 1 aliphatic heterocycles. The third-order valence-electron chi connectivity index (χ3n) is 9.63. The van der Waals surface area contributed by atoms with Gasteiger partial charge in [0.05, 0.1) is 30.9 Å². The second kappa shape index (κ2) is 10.2. The summed E-state index contributed by atoms with van der Waals surface area (Å²) in [7, 11) is -2.58. The van der Waals surface area contributed by atoms with E-state index in [1.807, 2.05) is 24.3 Å². The minimum absolute atomic E-state index is 0.0298. The van der Waals surface area contributed by atoms with Crippen molar-refractivity contribution >= 4 is 43.5 Å². The van der Waals surface area contributed by atoms with Gasteiger partial charge in [-0.15, -0.1) is 0 Å². The normalized spacial score (nSPS) is 27.6. The van der Waals surface area contributed by atoms with Crippen LogP contribution in [0.15, 0.2) is 53.0 Å². The highest BCUT2D eigenvalue weighted by Gasteiger charge is 2.72. The molecule has 10 heteroatoms. The van der Waals surface area contributed by atoms with Crippen molar-refractivity contribution in [2.24, 2.45) is 22.7 Å². The summed E-state index contributed by atoms with van der Waals surface area (Å²) in [5.74, 6) is -1.95. The zero-order valence-corrected chi connectivity index (χ0v) is 24.7. The van der Waals surface area contributed by atoms with Gasteiger partial charge in [-0.3, -0.25) is 9.59 Å². The molecule has 5 atom stereocenters. The molecule has 2 saturated carbocycles. The van der Waals surface area contributed by atoms with Crippen LogP contribution in [-0.4, -0.2) is 43.5 Å². The topological polar surface area (TPSA) is 92.8 Å². The van der Waals surface area contributed by atoms with Crippen LogP contribution in [0.4, 0.5) is 10.1 Å². The summed E-state index contributed by atoms with van der Waals surface area (Å²) in [6, 6.07) is 12.1. The van der Waals surface area contributed by atoms with E-state index in [0.717, 1.165) is 22.9 Å². The molecular weight excluding hydrogens is 587 g/mol. The zero-order valence-electron chi connectivity index (χ0n) is 22.3. The number of esters is 1. The molecule has 0 aromatic heterocycles. The number of benzene rings is 2. The summed E-state index contributed by atoms with van der Waals surface area (Å²) in [5, 5.41) is 3.35. The molecule has 2 unspecified atom stereocenters.